The number of aliphatic hydroxyl groups is 13. The molecule has 1 unspecified atom stereocenters. The SMILES string of the molecule is CC(=O)N[C@H]1[C@H](OC[C@H]2O[C@H](OC[C@H]3OC(O)[C@H](O)[C@@H](O)[C@@H]3O)[C@@H](O)[C@@H](O)[C@@H]2O)O[C@H](CO)[C@@H](O[C@@H]2O[C@H](CO)[C@H](O)[C@H](O)[C@H]2O)[C@@H]1O. The summed E-state index contributed by atoms with van der Waals surface area (Å²) in [6.45, 7) is -1.83. The summed E-state index contributed by atoms with van der Waals surface area (Å²) in [6.07, 6.45) is -32.3. The third-order valence-corrected chi connectivity index (χ3v) is 8.57. The highest BCUT2D eigenvalue weighted by atomic mass is 16.8. The van der Waals surface area contributed by atoms with Crippen LogP contribution in [-0.2, 0) is 38.0 Å². The van der Waals surface area contributed by atoms with Gasteiger partial charge in [0, 0.05) is 6.92 Å². The van der Waals surface area contributed by atoms with E-state index < -0.39 is 155 Å². The van der Waals surface area contributed by atoms with Gasteiger partial charge >= 0.3 is 0 Å². The van der Waals surface area contributed by atoms with Crippen molar-refractivity contribution < 1.29 is 104 Å². The zero-order chi connectivity index (χ0) is 35.6. The summed E-state index contributed by atoms with van der Waals surface area (Å²) < 4.78 is 38.2. The molecule has 0 aromatic heterocycles. The summed E-state index contributed by atoms with van der Waals surface area (Å²) in [5.41, 5.74) is 0. The number of amides is 1. The molecule has 4 aliphatic rings. The van der Waals surface area contributed by atoms with E-state index in [1.165, 1.54) is 0 Å². The predicted octanol–water partition coefficient (Wildman–Crippen LogP) is -9.61. The second-order valence-corrected chi connectivity index (χ2v) is 12.0. The van der Waals surface area contributed by atoms with Gasteiger partial charge < -0.3 is 105 Å². The first-order valence-electron chi connectivity index (χ1n) is 15.1. The highest BCUT2D eigenvalue weighted by Gasteiger charge is 2.52. The monoisotopic (exact) mass is 707 g/mol. The Labute approximate surface area is 272 Å². The molecule has 0 saturated carbocycles. The van der Waals surface area contributed by atoms with Crippen molar-refractivity contribution in [3.05, 3.63) is 0 Å². The van der Waals surface area contributed by atoms with Crippen LogP contribution in [0.4, 0.5) is 0 Å². The molecule has 20 atom stereocenters. The van der Waals surface area contributed by atoms with Gasteiger partial charge in [-0.15, -0.1) is 0 Å². The van der Waals surface area contributed by atoms with Gasteiger partial charge in [-0.1, -0.05) is 0 Å². The Balaban J connectivity index is 1.42. The molecule has 280 valence electrons. The molecule has 4 fully saturated rings. The first kappa shape index (κ1) is 39.5. The van der Waals surface area contributed by atoms with Crippen LogP contribution in [0, 0.1) is 0 Å². The summed E-state index contributed by atoms with van der Waals surface area (Å²) in [5.74, 6) is -0.693. The lowest BCUT2D eigenvalue weighted by Crippen LogP contribution is -2.68. The van der Waals surface area contributed by atoms with Crippen LogP contribution in [0.25, 0.3) is 0 Å². The maximum Gasteiger partial charge on any atom is 0.217 e. The molecule has 4 saturated heterocycles. The molecular formula is C26H45NO21. The summed E-state index contributed by atoms with van der Waals surface area (Å²) >= 11 is 0. The number of rotatable bonds is 11. The molecule has 22 nitrogen and oxygen atoms in total. The van der Waals surface area contributed by atoms with Crippen molar-refractivity contribution in [3.8, 4) is 0 Å². The number of hydrogen-bond acceptors (Lipinski definition) is 21. The molecule has 0 bridgehead atoms. The number of nitrogens with one attached hydrogen (secondary N) is 1. The Morgan fingerprint density at radius 1 is 0.542 bits per heavy atom. The van der Waals surface area contributed by atoms with Gasteiger partial charge in [-0.2, -0.15) is 0 Å². The fourth-order valence-corrected chi connectivity index (χ4v) is 5.74. The number of aliphatic hydroxyl groups excluding tert-OH is 13. The minimum absolute atomic E-state index is 0.642. The Morgan fingerprint density at radius 3 is 1.56 bits per heavy atom. The number of ether oxygens (including phenoxy) is 7. The number of carbonyl (C=O) groups is 1. The lowest BCUT2D eigenvalue weighted by Gasteiger charge is -2.47. The molecule has 48 heavy (non-hydrogen) atoms. The molecular weight excluding hydrogens is 662 g/mol. The van der Waals surface area contributed by atoms with E-state index in [1.807, 2.05) is 0 Å². The molecule has 1 amide bonds. The number of carbonyl (C=O) groups excluding carboxylic acids is 1. The topological polar surface area (TPSA) is 357 Å². The van der Waals surface area contributed by atoms with Gasteiger partial charge in [-0.25, -0.2) is 0 Å². The van der Waals surface area contributed by atoms with E-state index in [0.29, 0.717) is 0 Å². The molecule has 0 aromatic carbocycles. The average molecular weight is 708 g/mol. The normalized spacial score (nSPS) is 50.2. The van der Waals surface area contributed by atoms with Crippen LogP contribution in [0.15, 0.2) is 0 Å². The average Bonchev–Trinajstić information content (AvgIpc) is 3.06. The summed E-state index contributed by atoms with van der Waals surface area (Å²) in [6, 6.07) is -1.47. The maximum absolute atomic E-state index is 12.0. The minimum Gasteiger partial charge on any atom is -0.394 e. The summed E-state index contributed by atoms with van der Waals surface area (Å²) in [4.78, 5) is 12.0. The van der Waals surface area contributed by atoms with Gasteiger partial charge in [-0.05, 0) is 0 Å². The van der Waals surface area contributed by atoms with E-state index in [2.05, 4.69) is 5.32 Å². The van der Waals surface area contributed by atoms with Gasteiger partial charge in [0.15, 0.2) is 25.2 Å². The van der Waals surface area contributed by atoms with Crippen molar-refractivity contribution in [2.24, 2.45) is 0 Å². The van der Waals surface area contributed by atoms with E-state index >= 15 is 0 Å². The molecule has 0 aliphatic carbocycles. The second-order valence-electron chi connectivity index (χ2n) is 12.0. The molecule has 4 aliphatic heterocycles. The van der Waals surface area contributed by atoms with Crippen LogP contribution in [0.3, 0.4) is 0 Å². The molecule has 0 spiro atoms. The smallest absolute Gasteiger partial charge is 0.217 e. The lowest BCUT2D eigenvalue weighted by atomic mass is 9.95. The molecule has 0 radical (unpaired) electrons. The van der Waals surface area contributed by atoms with Crippen LogP contribution in [-0.4, -0.2) is 221 Å². The summed E-state index contributed by atoms with van der Waals surface area (Å²) in [7, 11) is 0. The number of hydrogen-bond donors (Lipinski definition) is 14. The standard InChI is InChI=1S/C26H45NO21/c1-6(30)27-11-15(34)22(48-26-21(40)17(36)12(31)7(2-28)45-26)8(3-29)46-24(11)42-5-10-14(33)18(37)20(39)25(47-10)43-4-9-13(32)16(35)19(38)23(41)44-9/h7-26,28-29,31-41H,2-5H2,1H3,(H,27,30)/t7-,8-,9-,10-,11-,12+,13-,14-,15-,16+,17+,18+,19-,20+,21-,22-,23?,24-,25+,26+/m1/s1. The van der Waals surface area contributed by atoms with Gasteiger partial charge in [0.25, 0.3) is 0 Å². The lowest BCUT2D eigenvalue weighted by molar-refractivity contribution is -0.354. The highest BCUT2D eigenvalue weighted by molar-refractivity contribution is 5.73. The quantitative estimate of drug-likeness (QED) is 0.0947. The molecule has 14 N–H and O–H groups in total. The predicted molar refractivity (Wildman–Crippen MR) is 145 cm³/mol. The van der Waals surface area contributed by atoms with Crippen molar-refractivity contribution in [1.29, 1.82) is 0 Å². The minimum atomic E-state index is -1.89. The Hall–Kier alpha value is -1.33. The van der Waals surface area contributed by atoms with Gasteiger partial charge in [-0.3, -0.25) is 4.79 Å². The van der Waals surface area contributed by atoms with Gasteiger partial charge in [0.1, 0.15) is 97.6 Å². The van der Waals surface area contributed by atoms with Crippen LogP contribution in [0.2, 0.25) is 0 Å². The maximum atomic E-state index is 12.0. The zero-order valence-electron chi connectivity index (χ0n) is 25.5. The fraction of sp³-hybridized carbons (Fsp3) is 0.962. The third-order valence-electron chi connectivity index (χ3n) is 8.57. The van der Waals surface area contributed by atoms with E-state index in [0.717, 1.165) is 6.92 Å². The van der Waals surface area contributed by atoms with Crippen LogP contribution >= 0.6 is 0 Å². The van der Waals surface area contributed by atoms with Crippen LogP contribution in [0.5, 0.6) is 0 Å². The third kappa shape index (κ3) is 8.41. The van der Waals surface area contributed by atoms with Gasteiger partial charge in [0.05, 0.1) is 26.4 Å². The molecule has 0 aromatic rings. The molecule has 22 heteroatoms. The second kappa shape index (κ2) is 16.8. The van der Waals surface area contributed by atoms with Crippen molar-refractivity contribution in [1.82, 2.24) is 5.32 Å². The van der Waals surface area contributed by atoms with Crippen molar-refractivity contribution >= 4 is 5.91 Å². The Kier molecular flexibility index (Phi) is 13.8. The van der Waals surface area contributed by atoms with E-state index in [1.54, 1.807) is 0 Å². The first-order chi connectivity index (χ1) is 22.6. The molecule has 4 heterocycles. The highest BCUT2D eigenvalue weighted by Crippen LogP contribution is 2.31. The van der Waals surface area contributed by atoms with Crippen molar-refractivity contribution in [2.45, 2.75) is 130 Å². The molecule has 4 rings (SSSR count). The van der Waals surface area contributed by atoms with E-state index in [9.17, 15) is 71.2 Å². The zero-order valence-corrected chi connectivity index (χ0v) is 25.5. The van der Waals surface area contributed by atoms with E-state index in [-0.39, 0.29) is 0 Å². The largest absolute Gasteiger partial charge is 0.394 e. The van der Waals surface area contributed by atoms with E-state index in [4.69, 9.17) is 33.2 Å². The van der Waals surface area contributed by atoms with Gasteiger partial charge in [0.2, 0.25) is 5.91 Å². The fourth-order valence-electron chi connectivity index (χ4n) is 5.74. The van der Waals surface area contributed by atoms with Crippen LogP contribution in [0.1, 0.15) is 6.92 Å². The Bertz CT molecular complexity index is 1030. The van der Waals surface area contributed by atoms with Crippen molar-refractivity contribution in [3.63, 3.8) is 0 Å². The Morgan fingerprint density at radius 2 is 1.00 bits per heavy atom. The summed E-state index contributed by atoms with van der Waals surface area (Å²) in [5, 5.41) is 134. The first-order valence-corrected chi connectivity index (χ1v) is 15.1. The van der Waals surface area contributed by atoms with Crippen molar-refractivity contribution in [2.75, 3.05) is 26.4 Å². The van der Waals surface area contributed by atoms with Crippen LogP contribution < -0.4 is 5.32 Å².